The van der Waals surface area contributed by atoms with Gasteiger partial charge in [-0.1, -0.05) is 6.07 Å². The summed E-state index contributed by atoms with van der Waals surface area (Å²) in [6.45, 7) is 0.983. The van der Waals surface area contributed by atoms with Crippen LogP contribution < -0.4 is 9.47 Å². The zero-order chi connectivity index (χ0) is 14.9. The largest absolute Gasteiger partial charge is 0.486 e. The van der Waals surface area contributed by atoms with Crippen LogP contribution in [0.25, 0.3) is 0 Å². The first-order valence-corrected chi connectivity index (χ1v) is 8.69. The molecule has 0 aliphatic carbocycles. The van der Waals surface area contributed by atoms with Crippen LogP contribution in [0, 0.1) is 0 Å². The average molecular weight is 326 g/mol. The van der Waals surface area contributed by atoms with Crippen LogP contribution in [0.1, 0.15) is 5.69 Å². The molecule has 2 aromatic rings. The molecule has 0 bridgehead atoms. The summed E-state index contributed by atoms with van der Waals surface area (Å²) in [5, 5.41) is 1.83. The van der Waals surface area contributed by atoms with Crippen LogP contribution in [0.3, 0.4) is 0 Å². The second kappa shape index (κ2) is 5.63. The number of rotatable bonds is 4. The number of hydrogen-bond acceptors (Lipinski definition) is 6. The van der Waals surface area contributed by atoms with E-state index in [2.05, 4.69) is 4.98 Å². The lowest BCUT2D eigenvalue weighted by molar-refractivity contribution is 0.166. The molecule has 1 aliphatic heterocycles. The highest BCUT2D eigenvalue weighted by molar-refractivity contribution is 7.89. The molecule has 21 heavy (non-hydrogen) atoms. The Morgan fingerprint density at radius 3 is 2.90 bits per heavy atom. The summed E-state index contributed by atoms with van der Waals surface area (Å²) in [7, 11) is -2.14. The Hall–Kier alpha value is -1.64. The Morgan fingerprint density at radius 2 is 2.14 bits per heavy atom. The molecular weight excluding hydrogens is 312 g/mol. The van der Waals surface area contributed by atoms with E-state index < -0.39 is 10.0 Å². The molecule has 0 radical (unpaired) electrons. The molecule has 0 fully saturated rings. The average Bonchev–Trinajstić information content (AvgIpc) is 2.99. The summed E-state index contributed by atoms with van der Waals surface area (Å²) in [4.78, 5) is 4.23. The summed E-state index contributed by atoms with van der Waals surface area (Å²) in [5.74, 6) is 0.748. The molecule has 0 N–H and O–H groups in total. The van der Waals surface area contributed by atoms with Crippen molar-refractivity contribution in [1.82, 2.24) is 9.29 Å². The number of thiazole rings is 1. The zero-order valence-electron chi connectivity index (χ0n) is 11.4. The van der Waals surface area contributed by atoms with Gasteiger partial charge >= 0.3 is 0 Å². The molecule has 0 amide bonds. The van der Waals surface area contributed by atoms with Crippen LogP contribution >= 0.6 is 11.3 Å². The maximum Gasteiger partial charge on any atom is 0.247 e. The second-order valence-electron chi connectivity index (χ2n) is 4.52. The molecule has 3 rings (SSSR count). The lowest BCUT2D eigenvalue weighted by Gasteiger charge is -2.23. The van der Waals surface area contributed by atoms with Gasteiger partial charge in [0.05, 0.1) is 17.7 Å². The van der Waals surface area contributed by atoms with Crippen LogP contribution in [0.5, 0.6) is 11.5 Å². The van der Waals surface area contributed by atoms with Gasteiger partial charge in [0.1, 0.15) is 18.1 Å². The first-order valence-electron chi connectivity index (χ1n) is 6.31. The lowest BCUT2D eigenvalue weighted by Crippen LogP contribution is -2.28. The SMILES string of the molecule is CN(Cc1cscn1)S(=O)(=O)c1cccc2c1OCCO2. The standard InChI is InChI=1S/C13H14N2O4S2/c1-15(7-10-8-20-9-14-10)21(16,17)12-4-2-3-11-13(12)19-6-5-18-11/h2-4,8-9H,5-7H2,1H3. The Balaban J connectivity index is 1.95. The summed E-state index contributed by atoms with van der Waals surface area (Å²) in [6.07, 6.45) is 0. The normalized spacial score (nSPS) is 14.4. The highest BCUT2D eigenvalue weighted by atomic mass is 32.2. The molecule has 1 aromatic carbocycles. The number of aromatic nitrogens is 1. The first kappa shape index (κ1) is 14.3. The van der Waals surface area contributed by atoms with E-state index >= 15 is 0 Å². The summed E-state index contributed by atoms with van der Waals surface area (Å²) >= 11 is 1.43. The van der Waals surface area contributed by atoms with Crippen molar-refractivity contribution in [2.45, 2.75) is 11.4 Å². The predicted molar refractivity (Wildman–Crippen MR) is 78.2 cm³/mol. The van der Waals surface area contributed by atoms with Crippen molar-refractivity contribution < 1.29 is 17.9 Å². The topological polar surface area (TPSA) is 68.7 Å². The number of hydrogen-bond donors (Lipinski definition) is 0. The van der Waals surface area contributed by atoms with Gasteiger partial charge in [-0.05, 0) is 12.1 Å². The van der Waals surface area contributed by atoms with Gasteiger partial charge in [0, 0.05) is 12.4 Å². The van der Waals surface area contributed by atoms with Gasteiger partial charge in [-0.2, -0.15) is 4.31 Å². The van der Waals surface area contributed by atoms with Crippen LogP contribution in [-0.2, 0) is 16.6 Å². The third kappa shape index (κ3) is 2.74. The fourth-order valence-corrected chi connectivity index (χ4v) is 3.88. The van der Waals surface area contributed by atoms with E-state index in [1.165, 1.54) is 28.8 Å². The first-order chi connectivity index (χ1) is 10.1. The molecule has 0 spiro atoms. The van der Waals surface area contributed by atoms with Crippen molar-refractivity contribution in [3.8, 4) is 11.5 Å². The molecule has 112 valence electrons. The quantitative estimate of drug-likeness (QED) is 0.856. The monoisotopic (exact) mass is 326 g/mol. The molecule has 6 nitrogen and oxygen atoms in total. The van der Waals surface area contributed by atoms with Crippen molar-refractivity contribution in [3.63, 3.8) is 0 Å². The van der Waals surface area contributed by atoms with E-state index in [0.717, 1.165) is 0 Å². The fraction of sp³-hybridized carbons (Fsp3) is 0.308. The number of fused-ring (bicyclic) bond motifs is 1. The molecule has 0 saturated heterocycles. The van der Waals surface area contributed by atoms with E-state index in [4.69, 9.17) is 9.47 Å². The minimum atomic E-state index is -3.66. The van der Waals surface area contributed by atoms with E-state index in [0.29, 0.717) is 24.7 Å². The highest BCUT2D eigenvalue weighted by Crippen LogP contribution is 2.37. The van der Waals surface area contributed by atoms with Crippen molar-refractivity contribution in [2.24, 2.45) is 0 Å². The Labute approximate surface area is 127 Å². The van der Waals surface area contributed by atoms with E-state index in [1.54, 1.807) is 17.6 Å². The Bertz CT molecular complexity index is 729. The predicted octanol–water partition coefficient (Wildman–Crippen LogP) is 1.73. The summed E-state index contributed by atoms with van der Waals surface area (Å²) in [6, 6.07) is 4.88. The molecule has 2 heterocycles. The van der Waals surface area contributed by atoms with Gasteiger partial charge in [-0.3, -0.25) is 0 Å². The van der Waals surface area contributed by atoms with E-state index in [9.17, 15) is 8.42 Å². The molecule has 1 aliphatic rings. The van der Waals surface area contributed by atoms with Gasteiger partial charge in [-0.15, -0.1) is 11.3 Å². The van der Waals surface area contributed by atoms with Crippen molar-refractivity contribution in [1.29, 1.82) is 0 Å². The molecule has 0 unspecified atom stereocenters. The molecule has 0 saturated carbocycles. The number of sulfonamides is 1. The van der Waals surface area contributed by atoms with Crippen molar-refractivity contribution >= 4 is 21.4 Å². The Morgan fingerprint density at radius 1 is 1.33 bits per heavy atom. The van der Waals surface area contributed by atoms with Gasteiger partial charge in [0.25, 0.3) is 0 Å². The number of para-hydroxylation sites is 1. The summed E-state index contributed by atoms with van der Waals surface area (Å²) < 4.78 is 37.6. The minimum absolute atomic E-state index is 0.123. The van der Waals surface area contributed by atoms with Gasteiger partial charge in [0.15, 0.2) is 11.5 Å². The van der Waals surface area contributed by atoms with Gasteiger partial charge in [0.2, 0.25) is 10.0 Å². The van der Waals surface area contributed by atoms with Crippen LogP contribution in [0.2, 0.25) is 0 Å². The molecule has 0 atom stereocenters. The van der Waals surface area contributed by atoms with E-state index in [1.807, 2.05) is 5.38 Å². The third-order valence-electron chi connectivity index (χ3n) is 3.09. The highest BCUT2D eigenvalue weighted by Gasteiger charge is 2.28. The maximum atomic E-state index is 12.7. The van der Waals surface area contributed by atoms with Gasteiger partial charge in [-0.25, -0.2) is 13.4 Å². The van der Waals surface area contributed by atoms with Crippen molar-refractivity contribution in [2.75, 3.05) is 20.3 Å². The van der Waals surface area contributed by atoms with Crippen LogP contribution in [-0.4, -0.2) is 38.0 Å². The smallest absolute Gasteiger partial charge is 0.247 e. The second-order valence-corrected chi connectivity index (χ2v) is 7.25. The molecular formula is C13H14N2O4S2. The fourth-order valence-electron chi connectivity index (χ4n) is 2.05. The number of nitrogens with zero attached hydrogens (tertiary/aromatic N) is 2. The number of benzene rings is 1. The van der Waals surface area contributed by atoms with Crippen LogP contribution in [0.15, 0.2) is 34.0 Å². The van der Waals surface area contributed by atoms with Crippen LogP contribution in [0.4, 0.5) is 0 Å². The lowest BCUT2D eigenvalue weighted by atomic mass is 10.3. The molecule has 1 aromatic heterocycles. The van der Waals surface area contributed by atoms with Gasteiger partial charge < -0.3 is 9.47 Å². The van der Waals surface area contributed by atoms with E-state index in [-0.39, 0.29) is 17.2 Å². The maximum absolute atomic E-state index is 12.7. The van der Waals surface area contributed by atoms with Crippen molar-refractivity contribution in [3.05, 3.63) is 34.8 Å². The zero-order valence-corrected chi connectivity index (χ0v) is 13.0. The Kier molecular flexibility index (Phi) is 3.83. The minimum Gasteiger partial charge on any atom is -0.486 e. The third-order valence-corrected chi connectivity index (χ3v) is 5.55. The number of ether oxygens (including phenoxy) is 2. The summed E-state index contributed by atoms with van der Waals surface area (Å²) in [5.41, 5.74) is 2.39. The molecule has 8 heteroatoms.